The van der Waals surface area contributed by atoms with Crippen molar-refractivity contribution in [2.45, 2.75) is 12.8 Å². The van der Waals surface area contributed by atoms with Gasteiger partial charge in [-0.05, 0) is 26.1 Å². The number of halogens is 1. The topological polar surface area (TPSA) is 41.5 Å². The highest BCUT2D eigenvalue weighted by Gasteiger charge is 2.20. The third kappa shape index (κ3) is 1.90. The zero-order valence-corrected chi connectivity index (χ0v) is 9.40. The van der Waals surface area contributed by atoms with Crippen LogP contribution in [0.25, 0.3) is 0 Å². The number of phenols is 1. The van der Waals surface area contributed by atoms with Gasteiger partial charge in [0.05, 0.1) is 11.6 Å². The third-order valence-corrected chi connectivity index (χ3v) is 3.04. The molecule has 82 valence electrons. The molecule has 2 rings (SSSR count). The smallest absolute Gasteiger partial charge is 0.137 e. The van der Waals surface area contributed by atoms with Crippen LogP contribution in [0.1, 0.15) is 11.1 Å². The SMILES string of the molecule is CNCCc1cc2c(c(Cl)c1O)CCO2. The summed E-state index contributed by atoms with van der Waals surface area (Å²) >= 11 is 6.07. The standard InChI is InChI=1S/C11H14ClNO2/c1-13-4-2-7-6-9-8(3-5-15-9)10(12)11(7)14/h6,13-14H,2-5H2,1H3. The van der Waals surface area contributed by atoms with Crippen LogP contribution in [-0.2, 0) is 12.8 Å². The van der Waals surface area contributed by atoms with Crippen LogP contribution in [0, 0.1) is 0 Å². The highest BCUT2D eigenvalue weighted by atomic mass is 35.5. The molecule has 0 spiro atoms. The van der Waals surface area contributed by atoms with Crippen molar-refractivity contribution in [1.82, 2.24) is 5.32 Å². The van der Waals surface area contributed by atoms with E-state index in [1.807, 2.05) is 13.1 Å². The molecule has 0 fully saturated rings. The van der Waals surface area contributed by atoms with Crippen LogP contribution >= 0.6 is 11.6 Å². The summed E-state index contributed by atoms with van der Waals surface area (Å²) in [4.78, 5) is 0. The summed E-state index contributed by atoms with van der Waals surface area (Å²) in [6.07, 6.45) is 1.53. The van der Waals surface area contributed by atoms with Gasteiger partial charge in [0.25, 0.3) is 0 Å². The van der Waals surface area contributed by atoms with E-state index in [9.17, 15) is 5.11 Å². The molecule has 1 aromatic carbocycles. The minimum Gasteiger partial charge on any atom is -0.506 e. The van der Waals surface area contributed by atoms with Crippen LogP contribution < -0.4 is 10.1 Å². The Morgan fingerprint density at radius 1 is 1.60 bits per heavy atom. The summed E-state index contributed by atoms with van der Waals surface area (Å²) < 4.78 is 5.44. The fraction of sp³-hybridized carbons (Fsp3) is 0.455. The number of hydrogen-bond acceptors (Lipinski definition) is 3. The van der Waals surface area contributed by atoms with Crippen molar-refractivity contribution in [3.63, 3.8) is 0 Å². The van der Waals surface area contributed by atoms with Gasteiger partial charge in [-0.3, -0.25) is 0 Å². The lowest BCUT2D eigenvalue weighted by Gasteiger charge is -2.09. The van der Waals surface area contributed by atoms with E-state index in [1.165, 1.54) is 0 Å². The second kappa shape index (κ2) is 4.29. The van der Waals surface area contributed by atoms with E-state index in [0.29, 0.717) is 11.6 Å². The number of rotatable bonds is 3. The first-order valence-corrected chi connectivity index (χ1v) is 5.42. The molecule has 1 heterocycles. The zero-order chi connectivity index (χ0) is 10.8. The summed E-state index contributed by atoms with van der Waals surface area (Å²) in [5, 5.41) is 13.4. The molecule has 0 atom stereocenters. The van der Waals surface area contributed by atoms with Gasteiger partial charge in [0.1, 0.15) is 11.5 Å². The van der Waals surface area contributed by atoms with E-state index in [1.54, 1.807) is 0 Å². The van der Waals surface area contributed by atoms with Gasteiger partial charge in [0.15, 0.2) is 0 Å². The molecule has 1 aliphatic heterocycles. The molecule has 0 bridgehead atoms. The molecule has 0 radical (unpaired) electrons. The summed E-state index contributed by atoms with van der Waals surface area (Å²) in [5.41, 5.74) is 1.78. The Balaban J connectivity index is 2.36. The lowest BCUT2D eigenvalue weighted by atomic mass is 10.1. The average Bonchev–Trinajstić information content (AvgIpc) is 2.69. The molecular weight excluding hydrogens is 214 g/mol. The molecule has 3 nitrogen and oxygen atoms in total. The predicted molar refractivity (Wildman–Crippen MR) is 59.9 cm³/mol. The van der Waals surface area contributed by atoms with Gasteiger partial charge >= 0.3 is 0 Å². The fourth-order valence-corrected chi connectivity index (χ4v) is 2.09. The van der Waals surface area contributed by atoms with Crippen LogP contribution in [0.3, 0.4) is 0 Å². The van der Waals surface area contributed by atoms with Crippen molar-refractivity contribution >= 4 is 11.6 Å². The highest BCUT2D eigenvalue weighted by Crippen LogP contribution is 2.40. The van der Waals surface area contributed by atoms with E-state index in [4.69, 9.17) is 16.3 Å². The maximum Gasteiger partial charge on any atom is 0.137 e. The monoisotopic (exact) mass is 227 g/mol. The Morgan fingerprint density at radius 3 is 3.13 bits per heavy atom. The second-order valence-electron chi connectivity index (χ2n) is 3.63. The van der Waals surface area contributed by atoms with Crippen molar-refractivity contribution < 1.29 is 9.84 Å². The fourth-order valence-electron chi connectivity index (χ4n) is 1.78. The van der Waals surface area contributed by atoms with Gasteiger partial charge in [0, 0.05) is 17.5 Å². The Kier molecular flexibility index (Phi) is 3.03. The van der Waals surface area contributed by atoms with Crippen LogP contribution in [0.15, 0.2) is 6.07 Å². The van der Waals surface area contributed by atoms with Gasteiger partial charge in [-0.2, -0.15) is 0 Å². The minimum atomic E-state index is 0.205. The van der Waals surface area contributed by atoms with Crippen molar-refractivity contribution in [2.24, 2.45) is 0 Å². The van der Waals surface area contributed by atoms with E-state index in [0.717, 1.165) is 36.3 Å². The Labute approximate surface area is 94.0 Å². The lowest BCUT2D eigenvalue weighted by molar-refractivity contribution is 0.356. The number of benzene rings is 1. The van der Waals surface area contributed by atoms with Gasteiger partial charge in [-0.1, -0.05) is 11.6 Å². The molecule has 0 unspecified atom stereocenters. The maximum atomic E-state index is 9.87. The Hall–Kier alpha value is -0.930. The molecule has 4 heteroatoms. The van der Waals surface area contributed by atoms with E-state index < -0.39 is 0 Å². The highest BCUT2D eigenvalue weighted by molar-refractivity contribution is 6.33. The first-order chi connectivity index (χ1) is 7.24. The number of ether oxygens (including phenoxy) is 1. The Morgan fingerprint density at radius 2 is 2.40 bits per heavy atom. The molecule has 0 aromatic heterocycles. The molecule has 0 amide bonds. The molecule has 15 heavy (non-hydrogen) atoms. The zero-order valence-electron chi connectivity index (χ0n) is 8.64. The summed E-state index contributed by atoms with van der Waals surface area (Å²) in [6, 6.07) is 1.89. The van der Waals surface area contributed by atoms with Gasteiger partial charge in [-0.15, -0.1) is 0 Å². The van der Waals surface area contributed by atoms with E-state index in [2.05, 4.69) is 5.32 Å². The summed E-state index contributed by atoms with van der Waals surface area (Å²) in [5.74, 6) is 1.03. The number of phenolic OH excluding ortho intramolecular Hbond substituents is 1. The molecular formula is C11H14ClNO2. The molecule has 1 aliphatic rings. The summed E-state index contributed by atoms with van der Waals surface area (Å²) in [6.45, 7) is 1.46. The maximum absolute atomic E-state index is 9.87. The normalized spacial score (nSPS) is 13.7. The van der Waals surface area contributed by atoms with Crippen LogP contribution in [-0.4, -0.2) is 25.3 Å². The molecule has 2 N–H and O–H groups in total. The van der Waals surface area contributed by atoms with E-state index >= 15 is 0 Å². The number of nitrogens with one attached hydrogen (secondary N) is 1. The third-order valence-electron chi connectivity index (χ3n) is 2.63. The summed E-state index contributed by atoms with van der Waals surface area (Å²) in [7, 11) is 1.88. The van der Waals surface area contributed by atoms with Gasteiger partial charge in [-0.25, -0.2) is 0 Å². The van der Waals surface area contributed by atoms with Gasteiger partial charge < -0.3 is 15.2 Å². The minimum absolute atomic E-state index is 0.205. The number of aromatic hydroxyl groups is 1. The molecule has 0 saturated carbocycles. The molecule has 0 saturated heterocycles. The van der Waals surface area contributed by atoms with Crippen molar-refractivity contribution in [3.05, 3.63) is 22.2 Å². The van der Waals surface area contributed by atoms with E-state index in [-0.39, 0.29) is 5.75 Å². The first-order valence-electron chi connectivity index (χ1n) is 5.04. The molecule has 1 aromatic rings. The number of likely N-dealkylation sites (N-methyl/N-ethyl adjacent to an activating group) is 1. The number of hydrogen-bond donors (Lipinski definition) is 2. The van der Waals surface area contributed by atoms with Crippen molar-refractivity contribution in [2.75, 3.05) is 20.2 Å². The Bertz CT molecular complexity index is 379. The average molecular weight is 228 g/mol. The predicted octanol–water partition coefficient (Wildman–Crippen LogP) is 1.74. The quantitative estimate of drug-likeness (QED) is 0.827. The molecule has 0 aliphatic carbocycles. The second-order valence-corrected chi connectivity index (χ2v) is 4.00. The van der Waals surface area contributed by atoms with Crippen LogP contribution in [0.4, 0.5) is 0 Å². The largest absolute Gasteiger partial charge is 0.506 e. The first kappa shape index (κ1) is 10.6. The van der Waals surface area contributed by atoms with Crippen molar-refractivity contribution in [1.29, 1.82) is 0 Å². The number of fused-ring (bicyclic) bond motifs is 1. The van der Waals surface area contributed by atoms with Crippen LogP contribution in [0.2, 0.25) is 5.02 Å². The van der Waals surface area contributed by atoms with Crippen LogP contribution in [0.5, 0.6) is 11.5 Å². The lowest BCUT2D eigenvalue weighted by Crippen LogP contribution is -2.10. The van der Waals surface area contributed by atoms with Gasteiger partial charge in [0.2, 0.25) is 0 Å². The van der Waals surface area contributed by atoms with Crippen molar-refractivity contribution in [3.8, 4) is 11.5 Å².